The Kier molecular flexibility index (Phi) is 4.35. The van der Waals surface area contributed by atoms with Gasteiger partial charge in [0.1, 0.15) is 12.2 Å². The first-order chi connectivity index (χ1) is 9.79. The standard InChI is InChI=1S/C16H15IO3/c17-13-9-5-4-8-12(13)15-14(10-18)19-16(20-15)11-6-2-1-3-7-11/h1-9,14-16,18H,10H2/t14-,15-,16+/m0/s1. The zero-order chi connectivity index (χ0) is 13.9. The summed E-state index contributed by atoms with van der Waals surface area (Å²) in [5, 5.41) is 9.55. The van der Waals surface area contributed by atoms with Crippen LogP contribution >= 0.6 is 22.6 Å². The quantitative estimate of drug-likeness (QED) is 0.827. The predicted octanol–water partition coefficient (Wildman–Crippen LogP) is 3.44. The largest absolute Gasteiger partial charge is 0.394 e. The molecule has 0 amide bonds. The van der Waals surface area contributed by atoms with E-state index < -0.39 is 6.29 Å². The second kappa shape index (κ2) is 6.22. The van der Waals surface area contributed by atoms with Gasteiger partial charge in [0.15, 0.2) is 6.29 Å². The number of hydrogen-bond donors (Lipinski definition) is 1. The first-order valence-corrected chi connectivity index (χ1v) is 7.58. The van der Waals surface area contributed by atoms with E-state index in [0.29, 0.717) is 0 Å². The molecule has 104 valence electrons. The maximum atomic E-state index is 9.55. The van der Waals surface area contributed by atoms with E-state index in [2.05, 4.69) is 22.6 Å². The van der Waals surface area contributed by atoms with Gasteiger partial charge in [0.2, 0.25) is 0 Å². The van der Waals surface area contributed by atoms with Crippen LogP contribution in [0.1, 0.15) is 23.5 Å². The molecule has 2 aromatic carbocycles. The highest BCUT2D eigenvalue weighted by molar-refractivity contribution is 14.1. The number of rotatable bonds is 3. The van der Waals surface area contributed by atoms with Crippen LogP contribution in [0.15, 0.2) is 54.6 Å². The molecule has 0 aromatic heterocycles. The number of benzene rings is 2. The summed E-state index contributed by atoms with van der Waals surface area (Å²) in [7, 11) is 0. The smallest absolute Gasteiger partial charge is 0.185 e. The Morgan fingerprint density at radius 3 is 2.35 bits per heavy atom. The van der Waals surface area contributed by atoms with E-state index >= 15 is 0 Å². The lowest BCUT2D eigenvalue weighted by molar-refractivity contribution is -0.0740. The highest BCUT2D eigenvalue weighted by atomic mass is 127. The summed E-state index contributed by atoms with van der Waals surface area (Å²) < 4.78 is 13.0. The predicted molar refractivity (Wildman–Crippen MR) is 84.1 cm³/mol. The zero-order valence-electron chi connectivity index (χ0n) is 10.8. The summed E-state index contributed by atoms with van der Waals surface area (Å²) >= 11 is 2.28. The second-order valence-electron chi connectivity index (χ2n) is 4.68. The van der Waals surface area contributed by atoms with Gasteiger partial charge < -0.3 is 14.6 Å². The minimum absolute atomic E-state index is 0.0566. The van der Waals surface area contributed by atoms with Crippen LogP contribution in [-0.4, -0.2) is 17.8 Å². The van der Waals surface area contributed by atoms with Crippen LogP contribution in [0.5, 0.6) is 0 Å². The van der Waals surface area contributed by atoms with E-state index in [0.717, 1.165) is 14.7 Å². The van der Waals surface area contributed by atoms with Crippen LogP contribution in [0.4, 0.5) is 0 Å². The molecule has 1 saturated heterocycles. The van der Waals surface area contributed by atoms with Crippen LogP contribution in [0.25, 0.3) is 0 Å². The van der Waals surface area contributed by atoms with E-state index in [4.69, 9.17) is 9.47 Å². The van der Waals surface area contributed by atoms with Crippen molar-refractivity contribution in [3.05, 3.63) is 69.3 Å². The van der Waals surface area contributed by atoms with Gasteiger partial charge in [0.25, 0.3) is 0 Å². The molecule has 2 aromatic rings. The molecule has 1 aliphatic heterocycles. The summed E-state index contributed by atoms with van der Waals surface area (Å²) in [6, 6.07) is 17.8. The summed E-state index contributed by atoms with van der Waals surface area (Å²) in [5.41, 5.74) is 2.03. The summed E-state index contributed by atoms with van der Waals surface area (Å²) in [6.07, 6.45) is -0.996. The molecule has 3 rings (SSSR count). The van der Waals surface area contributed by atoms with Crippen LogP contribution in [0.2, 0.25) is 0 Å². The average Bonchev–Trinajstić information content (AvgIpc) is 2.93. The highest BCUT2D eigenvalue weighted by Gasteiger charge is 2.38. The Bertz CT molecular complexity index is 573. The Hall–Kier alpha value is -0.950. The molecule has 3 nitrogen and oxygen atoms in total. The van der Waals surface area contributed by atoms with Crippen molar-refractivity contribution in [1.82, 2.24) is 0 Å². The van der Waals surface area contributed by atoms with Gasteiger partial charge in [-0.05, 0) is 34.2 Å². The molecule has 0 radical (unpaired) electrons. The lowest BCUT2D eigenvalue weighted by Gasteiger charge is -2.16. The molecule has 0 saturated carbocycles. The second-order valence-corrected chi connectivity index (χ2v) is 5.84. The number of ether oxygens (including phenoxy) is 2. The van der Waals surface area contributed by atoms with Gasteiger partial charge in [-0.25, -0.2) is 0 Å². The summed E-state index contributed by atoms with van der Waals surface area (Å²) in [6.45, 7) is -0.0566. The fourth-order valence-electron chi connectivity index (χ4n) is 2.37. The summed E-state index contributed by atoms with van der Waals surface area (Å²) in [4.78, 5) is 0. The van der Waals surface area contributed by atoms with E-state index in [-0.39, 0.29) is 18.8 Å². The molecule has 1 aliphatic rings. The lowest BCUT2D eigenvalue weighted by Crippen LogP contribution is -2.20. The normalized spacial score (nSPS) is 25.8. The average molecular weight is 382 g/mol. The molecule has 1 fully saturated rings. The number of aliphatic hydroxyl groups is 1. The summed E-state index contributed by atoms with van der Waals surface area (Å²) in [5.74, 6) is 0. The molecule has 0 aliphatic carbocycles. The third-order valence-electron chi connectivity index (χ3n) is 3.37. The maximum absolute atomic E-state index is 9.55. The number of aliphatic hydroxyl groups excluding tert-OH is 1. The van der Waals surface area contributed by atoms with E-state index in [9.17, 15) is 5.11 Å². The molecule has 3 atom stereocenters. The SMILES string of the molecule is OC[C@@H]1O[C@@H](c2ccccc2)O[C@H]1c1ccccc1I. The molecular weight excluding hydrogens is 367 g/mol. The topological polar surface area (TPSA) is 38.7 Å². The van der Waals surface area contributed by atoms with Crippen LogP contribution in [-0.2, 0) is 9.47 Å². The molecule has 0 unspecified atom stereocenters. The van der Waals surface area contributed by atoms with Crippen LogP contribution < -0.4 is 0 Å². The third kappa shape index (κ3) is 2.74. The fraction of sp³-hybridized carbons (Fsp3) is 0.250. The molecule has 1 N–H and O–H groups in total. The molecule has 0 spiro atoms. The van der Waals surface area contributed by atoms with Crippen molar-refractivity contribution in [3.8, 4) is 0 Å². The Morgan fingerprint density at radius 2 is 1.65 bits per heavy atom. The van der Waals surface area contributed by atoms with Gasteiger partial charge in [-0.1, -0.05) is 48.5 Å². The van der Waals surface area contributed by atoms with Crippen LogP contribution in [0, 0.1) is 3.57 Å². The van der Waals surface area contributed by atoms with Crippen molar-refractivity contribution in [2.24, 2.45) is 0 Å². The number of hydrogen-bond acceptors (Lipinski definition) is 3. The van der Waals surface area contributed by atoms with Crippen molar-refractivity contribution >= 4 is 22.6 Å². The maximum Gasteiger partial charge on any atom is 0.185 e. The molecular formula is C16H15IO3. The van der Waals surface area contributed by atoms with Gasteiger partial charge >= 0.3 is 0 Å². The van der Waals surface area contributed by atoms with E-state index in [1.165, 1.54) is 0 Å². The Morgan fingerprint density at radius 1 is 0.950 bits per heavy atom. The molecule has 4 heteroatoms. The highest BCUT2D eigenvalue weighted by Crippen LogP contribution is 2.40. The minimum atomic E-state index is -0.422. The van der Waals surface area contributed by atoms with E-state index in [1.54, 1.807) is 0 Å². The van der Waals surface area contributed by atoms with Crippen molar-refractivity contribution in [2.45, 2.75) is 18.5 Å². The molecule has 1 heterocycles. The van der Waals surface area contributed by atoms with E-state index in [1.807, 2.05) is 54.6 Å². The van der Waals surface area contributed by atoms with Crippen molar-refractivity contribution in [1.29, 1.82) is 0 Å². The monoisotopic (exact) mass is 382 g/mol. The third-order valence-corrected chi connectivity index (χ3v) is 4.35. The lowest BCUT2D eigenvalue weighted by atomic mass is 10.1. The van der Waals surface area contributed by atoms with Crippen molar-refractivity contribution in [3.63, 3.8) is 0 Å². The molecule has 0 bridgehead atoms. The minimum Gasteiger partial charge on any atom is -0.394 e. The van der Waals surface area contributed by atoms with Crippen LogP contribution in [0.3, 0.4) is 0 Å². The van der Waals surface area contributed by atoms with Gasteiger partial charge in [-0.15, -0.1) is 0 Å². The van der Waals surface area contributed by atoms with Gasteiger partial charge in [-0.2, -0.15) is 0 Å². The number of halogens is 1. The van der Waals surface area contributed by atoms with Gasteiger partial charge in [0.05, 0.1) is 6.61 Å². The fourth-order valence-corrected chi connectivity index (χ4v) is 3.06. The van der Waals surface area contributed by atoms with Crippen molar-refractivity contribution in [2.75, 3.05) is 6.61 Å². The van der Waals surface area contributed by atoms with Gasteiger partial charge in [-0.3, -0.25) is 0 Å². The molecule has 20 heavy (non-hydrogen) atoms. The van der Waals surface area contributed by atoms with Gasteiger partial charge in [0, 0.05) is 9.13 Å². The van der Waals surface area contributed by atoms with Crippen molar-refractivity contribution < 1.29 is 14.6 Å². The first-order valence-electron chi connectivity index (χ1n) is 6.50. The first kappa shape index (κ1) is 14.0. The Labute approximate surface area is 131 Å². The zero-order valence-corrected chi connectivity index (χ0v) is 12.9. The Balaban J connectivity index is 1.87.